The van der Waals surface area contributed by atoms with Gasteiger partial charge in [-0.3, -0.25) is 19.7 Å². The fourth-order valence-electron chi connectivity index (χ4n) is 3.66. The van der Waals surface area contributed by atoms with Crippen LogP contribution in [0.2, 0.25) is 0 Å². The number of hydrogen-bond acceptors (Lipinski definition) is 5. The van der Waals surface area contributed by atoms with Crippen LogP contribution in [0.1, 0.15) is 23.2 Å². The van der Waals surface area contributed by atoms with Crippen LogP contribution in [-0.2, 0) is 0 Å². The maximum Gasteiger partial charge on any atom is 0.253 e. The highest BCUT2D eigenvalue weighted by Gasteiger charge is 2.28. The zero-order valence-electron chi connectivity index (χ0n) is 13.7. The molecule has 0 radical (unpaired) electrons. The van der Waals surface area contributed by atoms with Crippen LogP contribution >= 0.6 is 11.8 Å². The molecule has 1 aromatic heterocycles. The molecule has 0 spiro atoms. The Bertz CT molecular complexity index is 724. The minimum atomic E-state index is 0.121. The molecule has 2 aromatic rings. The zero-order chi connectivity index (χ0) is 16.4. The molecule has 2 saturated heterocycles. The lowest BCUT2D eigenvalue weighted by Gasteiger charge is -2.40. The van der Waals surface area contributed by atoms with E-state index in [1.54, 1.807) is 12.4 Å². The van der Waals surface area contributed by atoms with Crippen LogP contribution in [0.5, 0.6) is 0 Å². The Kier molecular flexibility index (Phi) is 4.67. The van der Waals surface area contributed by atoms with Gasteiger partial charge in [-0.1, -0.05) is 0 Å². The summed E-state index contributed by atoms with van der Waals surface area (Å²) in [5, 5.41) is 0. The Balaban J connectivity index is 1.41. The van der Waals surface area contributed by atoms with E-state index in [4.69, 9.17) is 0 Å². The first-order valence-electron chi connectivity index (χ1n) is 8.63. The third-order valence-corrected chi connectivity index (χ3v) is 5.97. The number of amides is 1. The lowest BCUT2D eigenvalue weighted by Crippen LogP contribution is -2.49. The number of piperidine rings is 1. The molecule has 24 heavy (non-hydrogen) atoms. The van der Waals surface area contributed by atoms with Crippen LogP contribution < -0.4 is 0 Å². The van der Waals surface area contributed by atoms with Crippen molar-refractivity contribution >= 4 is 28.7 Å². The fraction of sp³-hybridized carbons (Fsp3) is 0.500. The molecule has 0 saturated carbocycles. The molecule has 4 rings (SSSR count). The number of rotatable bonds is 2. The van der Waals surface area contributed by atoms with Gasteiger partial charge in [0.15, 0.2) is 0 Å². The SMILES string of the molecule is O=C(c1ccc2nccnc2c1)N1CCC(N2CCSCC2)CC1. The second-order valence-electron chi connectivity index (χ2n) is 6.43. The van der Waals surface area contributed by atoms with E-state index in [9.17, 15) is 4.79 Å². The predicted molar refractivity (Wildman–Crippen MR) is 97.4 cm³/mol. The molecule has 1 amide bonds. The number of benzene rings is 1. The zero-order valence-corrected chi connectivity index (χ0v) is 14.5. The monoisotopic (exact) mass is 342 g/mol. The Morgan fingerprint density at radius 3 is 2.46 bits per heavy atom. The predicted octanol–water partition coefficient (Wildman–Crippen LogP) is 2.28. The van der Waals surface area contributed by atoms with Crippen LogP contribution in [0.4, 0.5) is 0 Å². The van der Waals surface area contributed by atoms with E-state index in [0.717, 1.165) is 42.5 Å². The highest BCUT2D eigenvalue weighted by atomic mass is 32.2. The van der Waals surface area contributed by atoms with Gasteiger partial charge in [-0.15, -0.1) is 0 Å². The summed E-state index contributed by atoms with van der Waals surface area (Å²) in [7, 11) is 0. The number of carbonyl (C=O) groups is 1. The lowest BCUT2D eigenvalue weighted by atomic mass is 10.0. The van der Waals surface area contributed by atoms with Crippen molar-refractivity contribution in [2.45, 2.75) is 18.9 Å². The van der Waals surface area contributed by atoms with Gasteiger partial charge in [-0.25, -0.2) is 0 Å². The first-order valence-corrected chi connectivity index (χ1v) is 9.78. The normalized spacial score (nSPS) is 20.4. The lowest BCUT2D eigenvalue weighted by molar-refractivity contribution is 0.0631. The van der Waals surface area contributed by atoms with E-state index in [1.807, 2.05) is 34.9 Å². The average molecular weight is 342 g/mol. The number of nitrogens with zero attached hydrogens (tertiary/aromatic N) is 4. The molecule has 2 aliphatic rings. The maximum atomic E-state index is 12.8. The molecule has 6 heteroatoms. The van der Waals surface area contributed by atoms with E-state index in [1.165, 1.54) is 24.6 Å². The Morgan fingerprint density at radius 2 is 1.71 bits per heavy atom. The molecular formula is C18H22N4OS. The van der Waals surface area contributed by atoms with E-state index in [0.29, 0.717) is 6.04 Å². The van der Waals surface area contributed by atoms with E-state index in [-0.39, 0.29) is 5.91 Å². The summed E-state index contributed by atoms with van der Waals surface area (Å²) in [5.41, 5.74) is 2.33. The summed E-state index contributed by atoms with van der Waals surface area (Å²) in [6, 6.07) is 6.26. The number of likely N-dealkylation sites (tertiary alicyclic amines) is 1. The van der Waals surface area contributed by atoms with Gasteiger partial charge in [-0.05, 0) is 31.0 Å². The van der Waals surface area contributed by atoms with Gasteiger partial charge >= 0.3 is 0 Å². The van der Waals surface area contributed by atoms with Gasteiger partial charge in [-0.2, -0.15) is 11.8 Å². The summed E-state index contributed by atoms with van der Waals surface area (Å²) in [6.07, 6.45) is 5.51. The summed E-state index contributed by atoms with van der Waals surface area (Å²) in [4.78, 5) is 26.0. The van der Waals surface area contributed by atoms with Crippen molar-refractivity contribution in [1.82, 2.24) is 19.8 Å². The second-order valence-corrected chi connectivity index (χ2v) is 7.66. The molecule has 2 fully saturated rings. The molecule has 1 aromatic carbocycles. The third kappa shape index (κ3) is 3.26. The topological polar surface area (TPSA) is 49.3 Å². The van der Waals surface area contributed by atoms with Crippen molar-refractivity contribution in [2.24, 2.45) is 0 Å². The van der Waals surface area contributed by atoms with E-state index < -0.39 is 0 Å². The summed E-state index contributed by atoms with van der Waals surface area (Å²) >= 11 is 2.05. The van der Waals surface area contributed by atoms with Gasteiger partial charge in [0.2, 0.25) is 0 Å². The van der Waals surface area contributed by atoms with Crippen LogP contribution in [0, 0.1) is 0 Å². The van der Waals surface area contributed by atoms with Gasteiger partial charge in [0.1, 0.15) is 0 Å². The maximum absolute atomic E-state index is 12.8. The Labute approximate surface area is 146 Å². The largest absolute Gasteiger partial charge is 0.339 e. The molecule has 2 aliphatic heterocycles. The third-order valence-electron chi connectivity index (χ3n) is 5.03. The number of hydrogen-bond donors (Lipinski definition) is 0. The summed E-state index contributed by atoms with van der Waals surface area (Å²) < 4.78 is 0. The molecule has 0 aliphatic carbocycles. The average Bonchev–Trinajstić information content (AvgIpc) is 2.68. The van der Waals surface area contributed by atoms with Crippen LogP contribution in [0.25, 0.3) is 11.0 Å². The molecular weight excluding hydrogens is 320 g/mol. The Hall–Kier alpha value is -1.66. The molecule has 5 nitrogen and oxygen atoms in total. The van der Waals surface area contributed by atoms with Crippen molar-refractivity contribution in [2.75, 3.05) is 37.7 Å². The smallest absolute Gasteiger partial charge is 0.253 e. The first-order chi connectivity index (χ1) is 11.8. The molecule has 0 unspecified atom stereocenters. The van der Waals surface area contributed by atoms with Crippen LogP contribution in [0.15, 0.2) is 30.6 Å². The number of carbonyl (C=O) groups excluding carboxylic acids is 1. The number of fused-ring (bicyclic) bond motifs is 1. The standard InChI is InChI=1S/C18H22N4OS/c23-18(14-1-2-16-17(13-14)20-6-5-19-16)22-7-3-15(4-8-22)21-9-11-24-12-10-21/h1-2,5-6,13,15H,3-4,7-12H2. The minimum absolute atomic E-state index is 0.121. The molecule has 126 valence electrons. The van der Waals surface area contributed by atoms with E-state index >= 15 is 0 Å². The van der Waals surface area contributed by atoms with Crippen molar-refractivity contribution in [3.05, 3.63) is 36.2 Å². The van der Waals surface area contributed by atoms with Crippen molar-refractivity contribution in [3.63, 3.8) is 0 Å². The van der Waals surface area contributed by atoms with Crippen LogP contribution in [-0.4, -0.2) is 69.4 Å². The van der Waals surface area contributed by atoms with Gasteiger partial charge in [0.25, 0.3) is 5.91 Å². The van der Waals surface area contributed by atoms with Crippen LogP contribution in [0.3, 0.4) is 0 Å². The summed E-state index contributed by atoms with van der Waals surface area (Å²) in [6.45, 7) is 4.11. The highest BCUT2D eigenvalue weighted by Crippen LogP contribution is 2.22. The Morgan fingerprint density at radius 1 is 1.00 bits per heavy atom. The highest BCUT2D eigenvalue weighted by molar-refractivity contribution is 7.99. The van der Waals surface area contributed by atoms with E-state index in [2.05, 4.69) is 14.9 Å². The number of thioether (sulfide) groups is 1. The quantitative estimate of drug-likeness (QED) is 0.838. The van der Waals surface area contributed by atoms with Crippen molar-refractivity contribution in [3.8, 4) is 0 Å². The van der Waals surface area contributed by atoms with Gasteiger partial charge in [0, 0.05) is 61.7 Å². The van der Waals surface area contributed by atoms with Crippen molar-refractivity contribution < 1.29 is 4.79 Å². The first kappa shape index (κ1) is 15.8. The molecule has 0 N–H and O–H groups in total. The summed E-state index contributed by atoms with van der Waals surface area (Å²) in [5.74, 6) is 2.62. The molecule has 3 heterocycles. The van der Waals surface area contributed by atoms with Crippen molar-refractivity contribution in [1.29, 1.82) is 0 Å². The van der Waals surface area contributed by atoms with Gasteiger partial charge in [0.05, 0.1) is 11.0 Å². The molecule has 0 atom stereocenters. The minimum Gasteiger partial charge on any atom is -0.339 e. The number of aromatic nitrogens is 2. The molecule has 0 bridgehead atoms. The fourth-order valence-corrected chi connectivity index (χ4v) is 4.59. The second kappa shape index (κ2) is 7.07. The van der Waals surface area contributed by atoms with Gasteiger partial charge < -0.3 is 4.90 Å².